The largest absolute Gasteiger partial charge is 0.331 e. The zero-order valence-electron chi connectivity index (χ0n) is 14.7. The molecule has 1 fully saturated rings. The molecule has 1 saturated heterocycles. The summed E-state index contributed by atoms with van der Waals surface area (Å²) < 4.78 is 3.96. The topological polar surface area (TPSA) is 56.0 Å². The molecule has 6 nitrogen and oxygen atoms in total. The fourth-order valence-electron chi connectivity index (χ4n) is 3.80. The molecule has 1 unspecified atom stereocenters. The maximum atomic E-state index is 12.9. The average molecular weight is 337 g/mol. The summed E-state index contributed by atoms with van der Waals surface area (Å²) in [6.07, 6.45) is 5.67. The first-order valence-corrected chi connectivity index (χ1v) is 8.91. The highest BCUT2D eigenvalue weighted by Gasteiger charge is 2.33. The van der Waals surface area contributed by atoms with Crippen LogP contribution in [-0.4, -0.2) is 36.7 Å². The van der Waals surface area contributed by atoms with Crippen LogP contribution in [0.3, 0.4) is 0 Å². The third-order valence-electron chi connectivity index (χ3n) is 4.93. The maximum Gasteiger partial charge on any atom is 0.244 e. The van der Waals surface area contributed by atoms with Crippen molar-refractivity contribution in [3.05, 3.63) is 48.0 Å². The van der Waals surface area contributed by atoms with E-state index in [4.69, 9.17) is 4.98 Å². The van der Waals surface area contributed by atoms with Crippen molar-refractivity contribution in [2.45, 2.75) is 45.8 Å². The average Bonchev–Trinajstić information content (AvgIpc) is 3.31. The van der Waals surface area contributed by atoms with Gasteiger partial charge < -0.3 is 9.47 Å². The summed E-state index contributed by atoms with van der Waals surface area (Å²) in [7, 11) is 0. The van der Waals surface area contributed by atoms with Gasteiger partial charge >= 0.3 is 0 Å². The number of para-hydroxylation sites is 2. The standard InChI is InChI=1S/C19H23N5O/c1-3-23-16-8-5-4-7-15(16)21-19(23)17-9-6-10-24(17)18(25)13-22-12-14(2)11-20-22/h4-5,7-8,11-12,17H,3,6,9-10,13H2,1-2H3. The summed E-state index contributed by atoms with van der Waals surface area (Å²) in [5.41, 5.74) is 3.21. The van der Waals surface area contributed by atoms with Gasteiger partial charge in [0.25, 0.3) is 0 Å². The highest BCUT2D eigenvalue weighted by atomic mass is 16.2. The Hall–Kier alpha value is -2.63. The number of likely N-dealkylation sites (tertiary alicyclic amines) is 1. The molecule has 0 aliphatic carbocycles. The molecule has 3 aromatic rings. The number of hydrogen-bond donors (Lipinski definition) is 0. The second-order valence-electron chi connectivity index (χ2n) is 6.66. The molecule has 1 amide bonds. The number of hydrogen-bond acceptors (Lipinski definition) is 3. The van der Waals surface area contributed by atoms with Crippen LogP contribution < -0.4 is 0 Å². The van der Waals surface area contributed by atoms with E-state index >= 15 is 0 Å². The lowest BCUT2D eigenvalue weighted by atomic mass is 10.2. The van der Waals surface area contributed by atoms with Gasteiger partial charge in [-0.25, -0.2) is 4.98 Å². The molecule has 130 valence electrons. The highest BCUT2D eigenvalue weighted by molar-refractivity contribution is 5.78. The molecule has 0 radical (unpaired) electrons. The van der Waals surface area contributed by atoms with Gasteiger partial charge in [-0.05, 0) is 44.4 Å². The first-order chi connectivity index (χ1) is 12.2. The van der Waals surface area contributed by atoms with Gasteiger partial charge in [0.15, 0.2) is 0 Å². The van der Waals surface area contributed by atoms with Crippen LogP contribution in [-0.2, 0) is 17.9 Å². The fourth-order valence-corrected chi connectivity index (χ4v) is 3.80. The van der Waals surface area contributed by atoms with Crippen molar-refractivity contribution in [1.29, 1.82) is 0 Å². The Morgan fingerprint density at radius 2 is 2.16 bits per heavy atom. The smallest absolute Gasteiger partial charge is 0.244 e. The minimum absolute atomic E-state index is 0.0523. The third kappa shape index (κ3) is 2.81. The van der Waals surface area contributed by atoms with E-state index in [0.29, 0.717) is 0 Å². The van der Waals surface area contributed by atoms with Gasteiger partial charge in [0.05, 0.1) is 23.3 Å². The number of aromatic nitrogens is 4. The monoisotopic (exact) mass is 337 g/mol. The second-order valence-corrected chi connectivity index (χ2v) is 6.66. The Morgan fingerprint density at radius 1 is 1.32 bits per heavy atom. The van der Waals surface area contributed by atoms with Crippen LogP contribution in [0.2, 0.25) is 0 Å². The molecular weight excluding hydrogens is 314 g/mol. The molecule has 4 rings (SSSR count). The van der Waals surface area contributed by atoms with Gasteiger partial charge in [0.2, 0.25) is 5.91 Å². The maximum absolute atomic E-state index is 12.9. The number of carbonyl (C=O) groups is 1. The van der Waals surface area contributed by atoms with Crippen molar-refractivity contribution in [3.8, 4) is 0 Å². The number of rotatable bonds is 4. The molecule has 1 atom stereocenters. The van der Waals surface area contributed by atoms with Gasteiger partial charge in [0, 0.05) is 19.3 Å². The van der Waals surface area contributed by atoms with E-state index in [-0.39, 0.29) is 18.5 Å². The summed E-state index contributed by atoms with van der Waals surface area (Å²) >= 11 is 0. The predicted molar refractivity (Wildman–Crippen MR) is 96.1 cm³/mol. The van der Waals surface area contributed by atoms with Crippen molar-refractivity contribution < 1.29 is 4.79 Å². The second kappa shape index (κ2) is 6.35. The van der Waals surface area contributed by atoms with Crippen LogP contribution >= 0.6 is 0 Å². The van der Waals surface area contributed by atoms with E-state index in [0.717, 1.165) is 48.4 Å². The minimum Gasteiger partial charge on any atom is -0.331 e. The third-order valence-corrected chi connectivity index (χ3v) is 4.93. The van der Waals surface area contributed by atoms with E-state index in [1.165, 1.54) is 0 Å². The molecule has 0 saturated carbocycles. The molecule has 2 aromatic heterocycles. The van der Waals surface area contributed by atoms with Crippen LogP contribution in [0.15, 0.2) is 36.7 Å². The van der Waals surface area contributed by atoms with E-state index < -0.39 is 0 Å². The molecule has 6 heteroatoms. The van der Waals surface area contributed by atoms with Gasteiger partial charge in [-0.15, -0.1) is 0 Å². The lowest BCUT2D eigenvalue weighted by molar-refractivity contribution is -0.133. The van der Waals surface area contributed by atoms with E-state index in [2.05, 4.69) is 22.7 Å². The number of fused-ring (bicyclic) bond motifs is 1. The Balaban J connectivity index is 1.64. The van der Waals surface area contributed by atoms with Crippen LogP contribution in [0.1, 0.15) is 37.2 Å². The molecule has 1 aliphatic rings. The molecule has 0 spiro atoms. The van der Waals surface area contributed by atoms with E-state index in [1.807, 2.05) is 36.2 Å². The number of amides is 1. The van der Waals surface area contributed by atoms with Gasteiger partial charge in [-0.2, -0.15) is 5.10 Å². The summed E-state index contributed by atoms with van der Waals surface area (Å²) in [6, 6.07) is 8.24. The normalized spacial score (nSPS) is 17.5. The molecule has 1 aromatic carbocycles. The van der Waals surface area contributed by atoms with Gasteiger partial charge in [0.1, 0.15) is 12.4 Å². The van der Waals surface area contributed by atoms with Crippen molar-refractivity contribution in [3.63, 3.8) is 0 Å². The Labute approximate surface area is 147 Å². The molecule has 3 heterocycles. The molecule has 25 heavy (non-hydrogen) atoms. The highest BCUT2D eigenvalue weighted by Crippen LogP contribution is 2.33. The summed E-state index contributed by atoms with van der Waals surface area (Å²) in [6.45, 7) is 6.04. The Kier molecular flexibility index (Phi) is 4.03. The van der Waals surface area contributed by atoms with Crippen molar-refractivity contribution >= 4 is 16.9 Å². The molecule has 0 N–H and O–H groups in total. The van der Waals surface area contributed by atoms with Crippen LogP contribution in [0, 0.1) is 6.92 Å². The van der Waals surface area contributed by atoms with Crippen LogP contribution in [0.25, 0.3) is 11.0 Å². The SMILES string of the molecule is CCn1c(C2CCCN2C(=O)Cn2cc(C)cn2)nc2ccccc21. The Bertz CT molecular complexity index is 910. The van der Waals surface area contributed by atoms with Crippen molar-refractivity contribution in [1.82, 2.24) is 24.2 Å². The zero-order valence-corrected chi connectivity index (χ0v) is 14.7. The van der Waals surface area contributed by atoms with Crippen LogP contribution in [0.4, 0.5) is 0 Å². The molecule has 1 aliphatic heterocycles. The lowest BCUT2D eigenvalue weighted by Crippen LogP contribution is -2.34. The fraction of sp³-hybridized carbons (Fsp3) is 0.421. The zero-order chi connectivity index (χ0) is 17.4. The first kappa shape index (κ1) is 15.9. The van der Waals surface area contributed by atoms with Crippen molar-refractivity contribution in [2.24, 2.45) is 0 Å². The molecule has 0 bridgehead atoms. The first-order valence-electron chi connectivity index (χ1n) is 8.91. The summed E-state index contributed by atoms with van der Waals surface area (Å²) in [4.78, 5) is 19.7. The summed E-state index contributed by atoms with van der Waals surface area (Å²) in [5, 5.41) is 4.24. The quantitative estimate of drug-likeness (QED) is 0.735. The minimum atomic E-state index is 0.0523. The number of benzene rings is 1. The van der Waals surface area contributed by atoms with Gasteiger partial charge in [-0.1, -0.05) is 12.1 Å². The lowest BCUT2D eigenvalue weighted by Gasteiger charge is -2.25. The van der Waals surface area contributed by atoms with Gasteiger partial charge in [-0.3, -0.25) is 9.48 Å². The van der Waals surface area contributed by atoms with E-state index in [9.17, 15) is 4.79 Å². The van der Waals surface area contributed by atoms with Crippen molar-refractivity contribution in [2.75, 3.05) is 6.54 Å². The Morgan fingerprint density at radius 3 is 2.92 bits per heavy atom. The van der Waals surface area contributed by atoms with Crippen LogP contribution in [0.5, 0.6) is 0 Å². The number of aryl methyl sites for hydroxylation is 2. The predicted octanol–water partition coefficient (Wildman–Crippen LogP) is 2.92. The molecular formula is C19H23N5O. The number of imidazole rings is 1. The number of carbonyl (C=O) groups excluding carboxylic acids is 1. The summed E-state index contributed by atoms with van der Waals surface area (Å²) in [5.74, 6) is 1.12. The number of nitrogens with zero attached hydrogens (tertiary/aromatic N) is 5. The van der Waals surface area contributed by atoms with E-state index in [1.54, 1.807) is 10.9 Å².